The number of carbonyl (C=O) groups is 1. The zero-order chi connectivity index (χ0) is 17.4. The Kier molecular flexibility index (Phi) is 4.59. The Morgan fingerprint density at radius 2 is 2.04 bits per heavy atom. The molecular formula is C20H28N2O3. The Morgan fingerprint density at radius 3 is 2.72 bits per heavy atom. The van der Waals surface area contributed by atoms with E-state index in [-0.39, 0.29) is 6.10 Å². The molecule has 5 heteroatoms. The van der Waals surface area contributed by atoms with Crippen molar-refractivity contribution < 1.29 is 14.3 Å². The molecule has 1 atom stereocenters. The average Bonchev–Trinajstić information content (AvgIpc) is 3.40. The predicted molar refractivity (Wildman–Crippen MR) is 96.0 cm³/mol. The van der Waals surface area contributed by atoms with Crippen LogP contribution in [0.15, 0.2) is 12.1 Å². The molecular weight excluding hydrogens is 316 g/mol. The van der Waals surface area contributed by atoms with Crippen molar-refractivity contribution in [3.05, 3.63) is 23.3 Å². The summed E-state index contributed by atoms with van der Waals surface area (Å²) in [6.07, 6.45) is 5.44. The van der Waals surface area contributed by atoms with Crippen molar-refractivity contribution in [1.29, 1.82) is 0 Å². The number of piperidine rings is 1. The lowest BCUT2D eigenvalue weighted by Gasteiger charge is -2.32. The van der Waals surface area contributed by atoms with E-state index in [1.807, 2.05) is 0 Å². The van der Waals surface area contributed by atoms with E-state index in [9.17, 15) is 4.79 Å². The monoisotopic (exact) mass is 344 g/mol. The maximum atomic E-state index is 12.1. The summed E-state index contributed by atoms with van der Waals surface area (Å²) in [6, 6.07) is 4.70. The number of benzene rings is 1. The minimum atomic E-state index is 0.247. The van der Waals surface area contributed by atoms with E-state index in [4.69, 9.17) is 9.47 Å². The molecule has 25 heavy (non-hydrogen) atoms. The first kappa shape index (κ1) is 16.7. The van der Waals surface area contributed by atoms with E-state index in [2.05, 4.69) is 29.3 Å². The number of likely N-dealkylation sites (tertiary alicyclic amines) is 1. The lowest BCUT2D eigenvalue weighted by molar-refractivity contribution is -0.133. The van der Waals surface area contributed by atoms with Crippen molar-refractivity contribution in [3.8, 4) is 11.5 Å². The molecule has 1 aliphatic carbocycles. The molecule has 2 fully saturated rings. The van der Waals surface area contributed by atoms with Gasteiger partial charge in [0.05, 0.1) is 7.11 Å². The van der Waals surface area contributed by atoms with Gasteiger partial charge in [-0.1, -0.05) is 0 Å². The third-order valence-electron chi connectivity index (χ3n) is 5.61. The molecule has 1 saturated heterocycles. The highest BCUT2D eigenvalue weighted by Crippen LogP contribution is 2.35. The van der Waals surface area contributed by atoms with Gasteiger partial charge in [-0.2, -0.15) is 0 Å². The highest BCUT2D eigenvalue weighted by molar-refractivity contribution is 5.81. The van der Waals surface area contributed by atoms with Gasteiger partial charge in [0.25, 0.3) is 0 Å². The van der Waals surface area contributed by atoms with Gasteiger partial charge in [-0.05, 0) is 44.7 Å². The van der Waals surface area contributed by atoms with Gasteiger partial charge in [0, 0.05) is 49.1 Å². The lowest BCUT2D eigenvalue weighted by Crippen LogP contribution is -2.45. The first-order chi connectivity index (χ1) is 12.1. The van der Waals surface area contributed by atoms with Crippen LogP contribution in [0.1, 0.15) is 43.7 Å². The quantitative estimate of drug-likeness (QED) is 0.892. The second-order valence-electron chi connectivity index (χ2n) is 7.66. The van der Waals surface area contributed by atoms with Gasteiger partial charge in [0.2, 0.25) is 5.91 Å². The van der Waals surface area contributed by atoms with E-state index in [0.29, 0.717) is 17.9 Å². The summed E-state index contributed by atoms with van der Waals surface area (Å²) in [5, 5.41) is 3.65. The molecule has 1 aromatic carbocycles. The van der Waals surface area contributed by atoms with Gasteiger partial charge in [-0.25, -0.2) is 0 Å². The Labute approximate surface area is 149 Å². The summed E-state index contributed by atoms with van der Waals surface area (Å²) in [4.78, 5) is 14.2. The standard InChI is InChI=1S/C20H28N2O3/c1-13-9-15-10-18(24-2)16(11-19(15)25-13)12-21-17-5-7-22(8-6-17)20(23)14-3-4-14/h10-11,13-14,17,21H,3-9,12H2,1-2H3/t13-/m1/s1. The van der Waals surface area contributed by atoms with Crippen LogP contribution in [0.3, 0.4) is 0 Å². The largest absolute Gasteiger partial charge is 0.496 e. The van der Waals surface area contributed by atoms with Crippen LogP contribution in [0.25, 0.3) is 0 Å². The summed E-state index contributed by atoms with van der Waals surface area (Å²) in [6.45, 7) is 4.64. The number of rotatable bonds is 5. The molecule has 1 aromatic rings. The van der Waals surface area contributed by atoms with E-state index in [1.54, 1.807) is 7.11 Å². The van der Waals surface area contributed by atoms with Gasteiger partial charge < -0.3 is 19.7 Å². The highest BCUT2D eigenvalue weighted by atomic mass is 16.5. The van der Waals surface area contributed by atoms with Gasteiger partial charge in [0.15, 0.2) is 0 Å². The second kappa shape index (κ2) is 6.87. The van der Waals surface area contributed by atoms with Crippen LogP contribution in [0, 0.1) is 5.92 Å². The van der Waals surface area contributed by atoms with Crippen LogP contribution in [-0.4, -0.2) is 43.2 Å². The van der Waals surface area contributed by atoms with Crippen LogP contribution in [0.4, 0.5) is 0 Å². The van der Waals surface area contributed by atoms with Gasteiger partial charge >= 0.3 is 0 Å². The fraction of sp³-hybridized carbons (Fsp3) is 0.650. The number of hydrogen-bond acceptors (Lipinski definition) is 4. The number of hydrogen-bond donors (Lipinski definition) is 1. The van der Waals surface area contributed by atoms with Crippen molar-refractivity contribution in [2.75, 3.05) is 20.2 Å². The number of nitrogens with one attached hydrogen (secondary N) is 1. The first-order valence-corrected chi connectivity index (χ1v) is 9.52. The predicted octanol–water partition coefficient (Wildman–Crippen LogP) is 2.51. The summed E-state index contributed by atoms with van der Waals surface area (Å²) in [7, 11) is 1.73. The number of nitrogens with zero attached hydrogens (tertiary/aromatic N) is 1. The Bertz CT molecular complexity index is 649. The highest BCUT2D eigenvalue weighted by Gasteiger charge is 2.34. The zero-order valence-electron chi connectivity index (χ0n) is 15.2. The fourth-order valence-corrected chi connectivity index (χ4v) is 3.96. The second-order valence-corrected chi connectivity index (χ2v) is 7.66. The van der Waals surface area contributed by atoms with Crippen molar-refractivity contribution in [1.82, 2.24) is 10.2 Å². The molecule has 1 N–H and O–H groups in total. The maximum absolute atomic E-state index is 12.1. The molecule has 5 nitrogen and oxygen atoms in total. The average molecular weight is 344 g/mol. The Hall–Kier alpha value is -1.75. The molecule has 0 spiro atoms. The smallest absolute Gasteiger partial charge is 0.225 e. The third kappa shape index (κ3) is 3.61. The lowest BCUT2D eigenvalue weighted by atomic mass is 10.0. The molecule has 2 heterocycles. The normalized spacial score (nSPS) is 23.3. The molecule has 0 bridgehead atoms. The minimum absolute atomic E-state index is 0.247. The van der Waals surface area contributed by atoms with Crippen molar-refractivity contribution in [3.63, 3.8) is 0 Å². The third-order valence-corrected chi connectivity index (χ3v) is 5.61. The van der Waals surface area contributed by atoms with Crippen LogP contribution in [0.5, 0.6) is 11.5 Å². The summed E-state index contributed by atoms with van der Waals surface area (Å²) in [5.41, 5.74) is 2.38. The van der Waals surface area contributed by atoms with E-state index >= 15 is 0 Å². The molecule has 0 radical (unpaired) electrons. The number of methoxy groups -OCH3 is 1. The molecule has 1 amide bonds. The summed E-state index contributed by atoms with van der Waals surface area (Å²) < 4.78 is 11.5. The number of amides is 1. The summed E-state index contributed by atoms with van der Waals surface area (Å²) >= 11 is 0. The minimum Gasteiger partial charge on any atom is -0.496 e. The first-order valence-electron chi connectivity index (χ1n) is 9.52. The van der Waals surface area contributed by atoms with Gasteiger partial charge in [-0.15, -0.1) is 0 Å². The SMILES string of the molecule is COc1cc2c(cc1CNC1CCN(C(=O)C3CC3)CC1)O[C@H](C)C2. The summed E-state index contributed by atoms with van der Waals surface area (Å²) in [5.74, 6) is 2.65. The van der Waals surface area contributed by atoms with E-state index in [0.717, 1.165) is 68.8 Å². The number of carbonyl (C=O) groups excluding carboxylic acids is 1. The topological polar surface area (TPSA) is 50.8 Å². The van der Waals surface area contributed by atoms with Crippen molar-refractivity contribution in [2.24, 2.45) is 5.92 Å². The van der Waals surface area contributed by atoms with Crippen LogP contribution < -0.4 is 14.8 Å². The number of ether oxygens (including phenoxy) is 2. The molecule has 3 aliphatic rings. The molecule has 2 aliphatic heterocycles. The number of fused-ring (bicyclic) bond motifs is 1. The van der Waals surface area contributed by atoms with E-state index in [1.165, 1.54) is 5.56 Å². The van der Waals surface area contributed by atoms with Crippen LogP contribution >= 0.6 is 0 Å². The van der Waals surface area contributed by atoms with Gasteiger partial charge in [0.1, 0.15) is 17.6 Å². The fourth-order valence-electron chi connectivity index (χ4n) is 3.96. The molecule has 136 valence electrons. The Balaban J connectivity index is 1.33. The molecule has 0 aromatic heterocycles. The van der Waals surface area contributed by atoms with Crippen molar-refractivity contribution >= 4 is 5.91 Å². The zero-order valence-corrected chi connectivity index (χ0v) is 15.2. The maximum Gasteiger partial charge on any atom is 0.225 e. The molecule has 1 saturated carbocycles. The van der Waals surface area contributed by atoms with Gasteiger partial charge in [-0.3, -0.25) is 4.79 Å². The van der Waals surface area contributed by atoms with Crippen molar-refractivity contribution in [2.45, 2.75) is 57.7 Å². The van der Waals surface area contributed by atoms with Crippen LogP contribution in [0.2, 0.25) is 0 Å². The molecule has 4 rings (SSSR count). The van der Waals surface area contributed by atoms with E-state index < -0.39 is 0 Å². The Morgan fingerprint density at radius 1 is 1.28 bits per heavy atom. The molecule has 0 unspecified atom stereocenters. The van der Waals surface area contributed by atoms with Crippen LogP contribution in [-0.2, 0) is 17.8 Å².